The molecule has 0 fully saturated rings. The third-order valence-corrected chi connectivity index (χ3v) is 16.8. The summed E-state index contributed by atoms with van der Waals surface area (Å²) < 4.78 is 48.7. The SMILES string of the molecule is O=P(O)(c1ccccc1)c1ccccc1.O=P(O)(c1ccccc1)c1ccccc1.O=P(O)(c1ccccc1)c1ccccc1.O=P(O)(c1ccccc1)c1ccccc1.[Ti]. The molecule has 0 heterocycles. The van der Waals surface area contributed by atoms with Crippen LogP contribution in [0.25, 0.3) is 0 Å². The molecule has 0 aliphatic carbocycles. The summed E-state index contributed by atoms with van der Waals surface area (Å²) in [5.74, 6) is 0. The fourth-order valence-electron chi connectivity index (χ4n) is 5.64. The molecule has 0 amide bonds. The topological polar surface area (TPSA) is 149 Å². The molecule has 8 nitrogen and oxygen atoms in total. The maximum absolute atomic E-state index is 12.2. The number of benzene rings is 8. The first kappa shape index (κ1) is 48.9. The van der Waals surface area contributed by atoms with Crippen molar-refractivity contribution >= 4 is 71.9 Å². The minimum absolute atomic E-state index is 0. The van der Waals surface area contributed by atoms with E-state index < -0.39 is 29.5 Å². The van der Waals surface area contributed by atoms with Gasteiger partial charge in [-0.15, -0.1) is 0 Å². The van der Waals surface area contributed by atoms with E-state index in [0.29, 0.717) is 42.4 Å². The molecule has 4 N–H and O–H groups in total. The Labute approximate surface area is 372 Å². The molecular formula is C48H44O8P4Ti. The zero-order valence-corrected chi connectivity index (χ0v) is 37.9. The summed E-state index contributed by atoms with van der Waals surface area (Å²) in [5, 5.41) is 3.75. The van der Waals surface area contributed by atoms with Crippen LogP contribution in [-0.2, 0) is 40.0 Å². The van der Waals surface area contributed by atoms with Gasteiger partial charge in [0.25, 0.3) is 29.5 Å². The summed E-state index contributed by atoms with van der Waals surface area (Å²) in [6.07, 6.45) is 0. The van der Waals surface area contributed by atoms with E-state index in [2.05, 4.69) is 0 Å². The molecule has 0 atom stereocenters. The van der Waals surface area contributed by atoms with Gasteiger partial charge in [-0.05, 0) is 97.1 Å². The monoisotopic (exact) mass is 920 g/mol. The predicted octanol–water partition coefficient (Wildman–Crippen LogP) is 7.63. The van der Waals surface area contributed by atoms with Crippen molar-refractivity contribution in [1.82, 2.24) is 0 Å². The van der Waals surface area contributed by atoms with Gasteiger partial charge in [0.1, 0.15) is 0 Å². The van der Waals surface area contributed by atoms with Crippen molar-refractivity contribution in [1.29, 1.82) is 0 Å². The third kappa shape index (κ3) is 13.6. The molecule has 0 aliphatic rings. The van der Waals surface area contributed by atoms with Gasteiger partial charge in [0.05, 0.1) is 0 Å². The van der Waals surface area contributed by atoms with E-state index in [1.165, 1.54) is 0 Å². The van der Waals surface area contributed by atoms with Gasteiger partial charge in [-0.3, -0.25) is 18.3 Å². The second kappa shape index (κ2) is 23.5. The molecule has 0 saturated carbocycles. The summed E-state index contributed by atoms with van der Waals surface area (Å²) in [7, 11) is -13.6. The summed E-state index contributed by atoms with van der Waals surface area (Å²) in [6.45, 7) is 0. The van der Waals surface area contributed by atoms with Gasteiger partial charge >= 0.3 is 0 Å². The van der Waals surface area contributed by atoms with Crippen molar-refractivity contribution in [2.45, 2.75) is 0 Å². The van der Waals surface area contributed by atoms with E-state index in [1.54, 1.807) is 194 Å². The zero-order valence-electron chi connectivity index (χ0n) is 32.8. The van der Waals surface area contributed by atoms with Crippen molar-refractivity contribution < 1.29 is 59.6 Å². The van der Waals surface area contributed by atoms with Crippen molar-refractivity contribution in [3.05, 3.63) is 243 Å². The smallest absolute Gasteiger partial charge is 0.258 e. The number of rotatable bonds is 8. The summed E-state index contributed by atoms with van der Waals surface area (Å²) in [4.78, 5) is 40.1. The third-order valence-electron chi connectivity index (χ3n) is 8.85. The second-order valence-electron chi connectivity index (χ2n) is 13.0. The first-order valence-electron chi connectivity index (χ1n) is 18.6. The Balaban J connectivity index is 0.000000178. The molecule has 0 aromatic heterocycles. The zero-order chi connectivity index (χ0) is 42.9. The summed E-state index contributed by atoms with van der Waals surface area (Å²) in [6, 6.07) is 69.7. The van der Waals surface area contributed by atoms with E-state index in [9.17, 15) is 37.8 Å². The average Bonchev–Trinajstić information content (AvgIpc) is 3.32. The fraction of sp³-hybridized carbons (Fsp3) is 0. The molecule has 308 valence electrons. The Morgan fingerprint density at radius 2 is 0.279 bits per heavy atom. The van der Waals surface area contributed by atoms with Gasteiger partial charge < -0.3 is 19.6 Å². The van der Waals surface area contributed by atoms with Crippen LogP contribution in [0.2, 0.25) is 0 Å². The van der Waals surface area contributed by atoms with Crippen LogP contribution >= 0.6 is 29.5 Å². The van der Waals surface area contributed by atoms with Crippen molar-refractivity contribution in [3.63, 3.8) is 0 Å². The van der Waals surface area contributed by atoms with E-state index >= 15 is 0 Å². The molecule has 0 unspecified atom stereocenters. The molecule has 0 saturated heterocycles. The van der Waals surface area contributed by atoms with Gasteiger partial charge in [0.2, 0.25) is 0 Å². The van der Waals surface area contributed by atoms with Gasteiger partial charge in [-0.2, -0.15) is 0 Å². The molecule has 0 bridgehead atoms. The predicted molar refractivity (Wildman–Crippen MR) is 248 cm³/mol. The first-order valence-corrected chi connectivity index (χ1v) is 25.2. The van der Waals surface area contributed by atoms with Crippen LogP contribution in [0, 0.1) is 0 Å². The van der Waals surface area contributed by atoms with Gasteiger partial charge in [-0.1, -0.05) is 146 Å². The molecular weight excluding hydrogens is 876 g/mol. The second-order valence-corrected chi connectivity index (χ2v) is 21.7. The van der Waals surface area contributed by atoms with E-state index in [-0.39, 0.29) is 21.7 Å². The van der Waals surface area contributed by atoms with Crippen LogP contribution in [0.15, 0.2) is 243 Å². The quantitative estimate of drug-likeness (QED) is 0.0899. The molecule has 8 rings (SSSR count). The Morgan fingerprint density at radius 3 is 0.361 bits per heavy atom. The van der Waals surface area contributed by atoms with E-state index in [0.717, 1.165) is 0 Å². The number of hydrogen-bond acceptors (Lipinski definition) is 4. The Hall–Kier alpha value is -4.77. The van der Waals surface area contributed by atoms with Crippen molar-refractivity contribution in [3.8, 4) is 0 Å². The normalized spacial score (nSPS) is 11.1. The molecule has 0 aliphatic heterocycles. The van der Waals surface area contributed by atoms with Crippen LogP contribution in [0.3, 0.4) is 0 Å². The van der Waals surface area contributed by atoms with Crippen LogP contribution in [-0.4, -0.2) is 19.6 Å². The maximum Gasteiger partial charge on any atom is 0.258 e. The largest absolute Gasteiger partial charge is 0.338 e. The van der Waals surface area contributed by atoms with Crippen LogP contribution in [0.5, 0.6) is 0 Å². The van der Waals surface area contributed by atoms with Crippen molar-refractivity contribution in [2.75, 3.05) is 0 Å². The molecule has 0 spiro atoms. The molecule has 8 aromatic rings. The Morgan fingerprint density at radius 1 is 0.197 bits per heavy atom. The fourth-order valence-corrected chi connectivity index (χ4v) is 11.4. The molecule has 0 radical (unpaired) electrons. The van der Waals surface area contributed by atoms with Gasteiger partial charge in [-0.25, -0.2) is 0 Å². The minimum atomic E-state index is -3.40. The minimum Gasteiger partial charge on any atom is -0.338 e. The van der Waals surface area contributed by atoms with Gasteiger partial charge in [0.15, 0.2) is 0 Å². The van der Waals surface area contributed by atoms with Gasteiger partial charge in [0, 0.05) is 64.2 Å². The maximum atomic E-state index is 12.2. The number of hydrogen-bond donors (Lipinski definition) is 4. The van der Waals surface area contributed by atoms with Crippen LogP contribution in [0.1, 0.15) is 0 Å². The summed E-state index contributed by atoms with van der Waals surface area (Å²) in [5.41, 5.74) is 0. The standard InChI is InChI=1S/4C12H11O2P.Ti/c4*13-15(14,11-7-3-1-4-8-11)12-9-5-2-6-10-12;/h4*1-10H,(H,13,14);. The van der Waals surface area contributed by atoms with Crippen molar-refractivity contribution in [2.24, 2.45) is 0 Å². The van der Waals surface area contributed by atoms with E-state index in [4.69, 9.17) is 0 Å². The molecule has 61 heavy (non-hydrogen) atoms. The van der Waals surface area contributed by atoms with E-state index in [1.807, 2.05) is 48.5 Å². The Bertz CT molecular complexity index is 2130. The van der Waals surface area contributed by atoms with Crippen LogP contribution in [0.4, 0.5) is 0 Å². The summed E-state index contributed by atoms with van der Waals surface area (Å²) >= 11 is 0. The molecule has 8 aromatic carbocycles. The molecule has 13 heteroatoms. The first-order chi connectivity index (χ1) is 28.8. The average molecular weight is 921 g/mol. The van der Waals surface area contributed by atoms with Crippen LogP contribution < -0.4 is 42.4 Å². The Kier molecular flexibility index (Phi) is 18.8.